The average molecular weight is 470 g/mol. The largest absolute Gasteiger partial charge is 0.339 e. The molecule has 1 aromatic carbocycles. The van der Waals surface area contributed by atoms with Crippen molar-refractivity contribution >= 4 is 17.5 Å². The number of piperazine rings is 2. The van der Waals surface area contributed by atoms with E-state index in [9.17, 15) is 9.59 Å². The van der Waals surface area contributed by atoms with Crippen LogP contribution in [0.5, 0.6) is 0 Å². The molecule has 188 valence electrons. The standard InChI is InChI=1S/C27H43N5O2/c1-2-24-10-6-7-11-25(24)28-26(33)21-30-16-18-32(19-17-30)27(34)22-31-14-12-29(13-15-31)20-23-8-4-3-5-9-23/h6-7,10-11,23H,2-5,8-9,12-22H2,1H3,(H,28,33). The quantitative estimate of drug-likeness (QED) is 0.634. The molecule has 2 amide bonds. The lowest BCUT2D eigenvalue weighted by Crippen LogP contribution is -2.54. The molecular weight excluding hydrogens is 426 g/mol. The number of rotatable bonds is 8. The summed E-state index contributed by atoms with van der Waals surface area (Å²) in [6, 6.07) is 7.97. The van der Waals surface area contributed by atoms with Crippen LogP contribution in [0.25, 0.3) is 0 Å². The van der Waals surface area contributed by atoms with Crippen molar-refractivity contribution in [3.63, 3.8) is 0 Å². The van der Waals surface area contributed by atoms with Gasteiger partial charge in [-0.1, -0.05) is 44.4 Å². The van der Waals surface area contributed by atoms with E-state index in [2.05, 4.69) is 33.0 Å². The molecular formula is C27H43N5O2. The van der Waals surface area contributed by atoms with Gasteiger partial charge in [-0.3, -0.25) is 19.4 Å². The van der Waals surface area contributed by atoms with Crippen molar-refractivity contribution in [2.24, 2.45) is 5.92 Å². The Kier molecular flexibility index (Phi) is 9.36. The number of carbonyl (C=O) groups is 2. The van der Waals surface area contributed by atoms with Crippen molar-refractivity contribution in [3.05, 3.63) is 29.8 Å². The summed E-state index contributed by atoms with van der Waals surface area (Å²) in [6.07, 6.45) is 7.93. The fourth-order valence-electron chi connectivity index (χ4n) is 5.65. The molecule has 7 heteroatoms. The summed E-state index contributed by atoms with van der Waals surface area (Å²) in [6.45, 7) is 11.4. The lowest BCUT2D eigenvalue weighted by molar-refractivity contribution is -0.134. The molecule has 0 spiro atoms. The maximum Gasteiger partial charge on any atom is 0.238 e. The Hall–Kier alpha value is -1.96. The molecule has 1 N–H and O–H groups in total. The number of anilines is 1. The Morgan fingerprint density at radius 2 is 1.44 bits per heavy atom. The smallest absolute Gasteiger partial charge is 0.238 e. The van der Waals surface area contributed by atoms with Crippen LogP contribution in [0.4, 0.5) is 5.69 Å². The zero-order valence-corrected chi connectivity index (χ0v) is 21.0. The van der Waals surface area contributed by atoms with Gasteiger partial charge in [0.05, 0.1) is 13.1 Å². The van der Waals surface area contributed by atoms with Crippen LogP contribution in [0.3, 0.4) is 0 Å². The number of hydrogen-bond acceptors (Lipinski definition) is 5. The van der Waals surface area contributed by atoms with E-state index in [0.717, 1.165) is 62.9 Å². The van der Waals surface area contributed by atoms with Crippen molar-refractivity contribution in [1.82, 2.24) is 19.6 Å². The molecule has 3 aliphatic rings. The highest BCUT2D eigenvalue weighted by Crippen LogP contribution is 2.24. The van der Waals surface area contributed by atoms with E-state index in [0.29, 0.717) is 26.2 Å². The van der Waals surface area contributed by atoms with Crippen LogP contribution >= 0.6 is 0 Å². The van der Waals surface area contributed by atoms with Gasteiger partial charge in [0.2, 0.25) is 11.8 Å². The molecule has 0 unspecified atom stereocenters. The molecule has 1 aromatic rings. The lowest BCUT2D eigenvalue weighted by atomic mass is 9.89. The molecule has 34 heavy (non-hydrogen) atoms. The van der Waals surface area contributed by atoms with Gasteiger partial charge in [0, 0.05) is 64.6 Å². The summed E-state index contributed by atoms with van der Waals surface area (Å²) in [5.74, 6) is 1.15. The van der Waals surface area contributed by atoms with Crippen LogP contribution in [0, 0.1) is 5.92 Å². The maximum atomic E-state index is 12.9. The lowest BCUT2D eigenvalue weighted by Gasteiger charge is -2.39. The molecule has 7 nitrogen and oxygen atoms in total. The molecule has 2 aliphatic heterocycles. The number of para-hydroxylation sites is 1. The van der Waals surface area contributed by atoms with Crippen molar-refractivity contribution in [2.45, 2.75) is 45.4 Å². The molecule has 2 saturated heterocycles. The van der Waals surface area contributed by atoms with Crippen LogP contribution in [0.1, 0.15) is 44.6 Å². The third-order valence-corrected chi connectivity index (χ3v) is 7.83. The first kappa shape index (κ1) is 25.1. The Morgan fingerprint density at radius 3 is 2.15 bits per heavy atom. The Labute approximate surface area is 205 Å². The summed E-state index contributed by atoms with van der Waals surface area (Å²) in [5.41, 5.74) is 2.06. The van der Waals surface area contributed by atoms with E-state index < -0.39 is 0 Å². The Morgan fingerprint density at radius 1 is 0.824 bits per heavy atom. The van der Waals surface area contributed by atoms with Gasteiger partial charge in [-0.25, -0.2) is 0 Å². The number of nitrogens with one attached hydrogen (secondary N) is 1. The van der Waals surface area contributed by atoms with E-state index in [-0.39, 0.29) is 11.8 Å². The molecule has 0 atom stereocenters. The zero-order chi connectivity index (χ0) is 23.8. The van der Waals surface area contributed by atoms with Crippen LogP contribution in [0.15, 0.2) is 24.3 Å². The third kappa shape index (κ3) is 7.27. The Bertz CT molecular complexity index is 794. The SMILES string of the molecule is CCc1ccccc1NC(=O)CN1CCN(C(=O)CN2CCN(CC3CCCCC3)CC2)CC1. The van der Waals surface area contributed by atoms with Crippen LogP contribution < -0.4 is 5.32 Å². The average Bonchev–Trinajstić information content (AvgIpc) is 2.86. The topological polar surface area (TPSA) is 59.1 Å². The number of hydrogen-bond donors (Lipinski definition) is 1. The summed E-state index contributed by atoms with van der Waals surface area (Å²) in [7, 11) is 0. The molecule has 4 rings (SSSR count). The second kappa shape index (κ2) is 12.7. The summed E-state index contributed by atoms with van der Waals surface area (Å²) in [4.78, 5) is 34.5. The van der Waals surface area contributed by atoms with Gasteiger partial charge in [0.1, 0.15) is 0 Å². The highest BCUT2D eigenvalue weighted by Gasteiger charge is 2.26. The van der Waals surface area contributed by atoms with E-state index >= 15 is 0 Å². The molecule has 0 radical (unpaired) electrons. The van der Waals surface area contributed by atoms with Crippen molar-refractivity contribution in [2.75, 3.05) is 77.3 Å². The van der Waals surface area contributed by atoms with Crippen molar-refractivity contribution in [1.29, 1.82) is 0 Å². The number of aryl methyl sites for hydroxylation is 1. The minimum absolute atomic E-state index is 0.0202. The van der Waals surface area contributed by atoms with Gasteiger partial charge < -0.3 is 15.1 Å². The van der Waals surface area contributed by atoms with Crippen molar-refractivity contribution in [3.8, 4) is 0 Å². The minimum Gasteiger partial charge on any atom is -0.339 e. The highest BCUT2D eigenvalue weighted by atomic mass is 16.2. The summed E-state index contributed by atoms with van der Waals surface area (Å²) < 4.78 is 0. The number of benzene rings is 1. The first-order valence-electron chi connectivity index (χ1n) is 13.4. The highest BCUT2D eigenvalue weighted by molar-refractivity contribution is 5.93. The number of carbonyl (C=O) groups excluding carboxylic acids is 2. The predicted octanol–water partition coefficient (Wildman–Crippen LogP) is 2.53. The summed E-state index contributed by atoms with van der Waals surface area (Å²) >= 11 is 0. The fraction of sp³-hybridized carbons (Fsp3) is 0.704. The third-order valence-electron chi connectivity index (χ3n) is 7.83. The monoisotopic (exact) mass is 469 g/mol. The van der Waals surface area contributed by atoms with Crippen molar-refractivity contribution < 1.29 is 9.59 Å². The predicted molar refractivity (Wildman–Crippen MR) is 137 cm³/mol. The molecule has 0 bridgehead atoms. The van der Waals surface area contributed by atoms with Gasteiger partial charge in [-0.2, -0.15) is 0 Å². The van der Waals surface area contributed by atoms with E-state index in [4.69, 9.17) is 0 Å². The second-order valence-corrected chi connectivity index (χ2v) is 10.3. The molecule has 0 aromatic heterocycles. The normalized spacial score (nSPS) is 21.5. The first-order chi connectivity index (χ1) is 16.6. The minimum atomic E-state index is 0.0202. The van der Waals surface area contributed by atoms with Crippen LogP contribution in [0.2, 0.25) is 0 Å². The molecule has 3 fully saturated rings. The second-order valence-electron chi connectivity index (χ2n) is 10.3. The Balaban J connectivity index is 1.13. The maximum absolute atomic E-state index is 12.9. The van der Waals surface area contributed by atoms with Crippen LogP contribution in [-0.4, -0.2) is 103 Å². The number of amides is 2. The van der Waals surface area contributed by atoms with Gasteiger partial charge in [-0.05, 0) is 36.8 Å². The van der Waals surface area contributed by atoms with E-state index in [1.54, 1.807) is 0 Å². The van der Waals surface area contributed by atoms with Gasteiger partial charge in [0.25, 0.3) is 0 Å². The zero-order valence-electron chi connectivity index (χ0n) is 21.0. The first-order valence-corrected chi connectivity index (χ1v) is 13.4. The van der Waals surface area contributed by atoms with E-state index in [1.165, 1.54) is 38.6 Å². The van der Waals surface area contributed by atoms with Gasteiger partial charge >= 0.3 is 0 Å². The fourth-order valence-corrected chi connectivity index (χ4v) is 5.65. The van der Waals surface area contributed by atoms with Crippen LogP contribution in [-0.2, 0) is 16.0 Å². The molecule has 2 heterocycles. The summed E-state index contributed by atoms with van der Waals surface area (Å²) in [5, 5.41) is 3.05. The molecule has 1 aliphatic carbocycles. The van der Waals surface area contributed by atoms with Gasteiger partial charge in [0.15, 0.2) is 0 Å². The van der Waals surface area contributed by atoms with E-state index in [1.807, 2.05) is 23.1 Å². The van der Waals surface area contributed by atoms with Gasteiger partial charge in [-0.15, -0.1) is 0 Å². The molecule has 1 saturated carbocycles. The number of nitrogens with zero attached hydrogens (tertiary/aromatic N) is 4.